The summed E-state index contributed by atoms with van der Waals surface area (Å²) in [5.41, 5.74) is 0.684. The predicted molar refractivity (Wildman–Crippen MR) is 63.8 cm³/mol. The number of ether oxygens (including phenoxy) is 1. The normalized spacial score (nSPS) is 15.2. The highest BCUT2D eigenvalue weighted by Gasteiger charge is 2.19. The van der Waals surface area contributed by atoms with Gasteiger partial charge in [-0.05, 0) is 12.1 Å². The first-order valence-electron chi connectivity index (χ1n) is 4.51. The van der Waals surface area contributed by atoms with Gasteiger partial charge in [0.25, 0.3) is 5.91 Å². The van der Waals surface area contributed by atoms with Gasteiger partial charge in [-0.15, -0.1) is 11.8 Å². The van der Waals surface area contributed by atoms with Gasteiger partial charge in [-0.1, -0.05) is 15.9 Å². The van der Waals surface area contributed by atoms with Crippen molar-refractivity contribution in [2.24, 2.45) is 0 Å². The molecule has 1 N–H and O–H groups in total. The lowest BCUT2D eigenvalue weighted by molar-refractivity contribution is 0.0953. The van der Waals surface area contributed by atoms with Gasteiger partial charge in [0.05, 0.1) is 17.6 Å². The minimum Gasteiger partial charge on any atom is -0.496 e. The van der Waals surface area contributed by atoms with Crippen molar-refractivity contribution in [1.82, 2.24) is 5.32 Å². The summed E-state index contributed by atoms with van der Waals surface area (Å²) in [5, 5.41) is 2.84. The Kier molecular flexibility index (Phi) is 3.21. The molecule has 0 fully saturated rings. The summed E-state index contributed by atoms with van der Waals surface area (Å²) in [5.74, 6) is 1.59. The van der Waals surface area contributed by atoms with E-state index in [0.29, 0.717) is 12.1 Å². The maximum Gasteiger partial charge on any atom is 0.252 e. The third-order valence-corrected chi connectivity index (χ3v) is 3.69. The van der Waals surface area contributed by atoms with Crippen LogP contribution in [-0.4, -0.2) is 25.3 Å². The molecule has 0 bridgehead atoms. The summed E-state index contributed by atoms with van der Waals surface area (Å²) in [6.07, 6.45) is 0. The molecule has 0 aliphatic carbocycles. The minimum atomic E-state index is -0.0328. The molecule has 0 radical (unpaired) electrons. The summed E-state index contributed by atoms with van der Waals surface area (Å²) in [4.78, 5) is 12.7. The van der Waals surface area contributed by atoms with Crippen molar-refractivity contribution >= 4 is 33.6 Å². The van der Waals surface area contributed by atoms with Crippen molar-refractivity contribution in [1.29, 1.82) is 0 Å². The lowest BCUT2D eigenvalue weighted by Gasteiger charge is -2.10. The first kappa shape index (κ1) is 10.8. The predicted octanol–water partition coefficient (Wildman–Crippen LogP) is 2.29. The van der Waals surface area contributed by atoms with Gasteiger partial charge in [-0.2, -0.15) is 0 Å². The van der Waals surface area contributed by atoms with Gasteiger partial charge < -0.3 is 10.1 Å². The number of carbonyl (C=O) groups is 1. The topological polar surface area (TPSA) is 38.3 Å². The van der Waals surface area contributed by atoms with Crippen molar-refractivity contribution < 1.29 is 9.53 Å². The lowest BCUT2D eigenvalue weighted by atomic mass is 10.2. The Morgan fingerprint density at radius 3 is 3.07 bits per heavy atom. The fourth-order valence-electron chi connectivity index (χ4n) is 1.45. The van der Waals surface area contributed by atoms with Gasteiger partial charge in [0, 0.05) is 16.8 Å². The van der Waals surface area contributed by atoms with Gasteiger partial charge in [0.2, 0.25) is 0 Å². The molecule has 5 heteroatoms. The number of hydrogen-bond acceptors (Lipinski definition) is 3. The Morgan fingerprint density at radius 1 is 1.53 bits per heavy atom. The second-order valence-corrected chi connectivity index (χ2v) is 5.11. The zero-order valence-electron chi connectivity index (χ0n) is 8.17. The molecular weight excluding hydrogens is 278 g/mol. The second-order valence-electron chi connectivity index (χ2n) is 3.09. The Hall–Kier alpha value is -0.680. The maximum absolute atomic E-state index is 11.7. The van der Waals surface area contributed by atoms with Gasteiger partial charge in [-0.3, -0.25) is 4.79 Å². The molecule has 1 aromatic carbocycles. The van der Waals surface area contributed by atoms with E-state index in [4.69, 9.17) is 4.74 Å². The number of halogens is 1. The summed E-state index contributed by atoms with van der Waals surface area (Å²) in [6, 6.07) is 3.70. The monoisotopic (exact) mass is 287 g/mol. The van der Waals surface area contributed by atoms with Crippen LogP contribution in [0.2, 0.25) is 0 Å². The number of carbonyl (C=O) groups excluding carboxylic acids is 1. The molecule has 1 amide bonds. The molecule has 1 aromatic rings. The number of nitrogens with one attached hydrogen (secondary N) is 1. The molecule has 3 nitrogen and oxygen atoms in total. The lowest BCUT2D eigenvalue weighted by Crippen LogP contribution is -2.23. The zero-order valence-corrected chi connectivity index (χ0v) is 10.6. The highest BCUT2D eigenvalue weighted by Crippen LogP contribution is 2.36. The molecule has 0 atom stereocenters. The van der Waals surface area contributed by atoms with E-state index in [2.05, 4.69) is 21.2 Å². The van der Waals surface area contributed by atoms with Crippen LogP contribution in [0.25, 0.3) is 0 Å². The highest BCUT2D eigenvalue weighted by molar-refractivity contribution is 9.10. The first-order valence-corrected chi connectivity index (χ1v) is 6.29. The fraction of sp³-hybridized carbons (Fsp3) is 0.300. The third kappa shape index (κ3) is 2.13. The Labute approximate surface area is 101 Å². The molecule has 0 saturated heterocycles. The van der Waals surface area contributed by atoms with E-state index in [9.17, 15) is 4.79 Å². The van der Waals surface area contributed by atoms with Crippen LogP contribution < -0.4 is 10.1 Å². The summed E-state index contributed by atoms with van der Waals surface area (Å²) in [6.45, 7) is 0.693. The molecule has 1 heterocycles. The van der Waals surface area contributed by atoms with Crippen LogP contribution in [-0.2, 0) is 0 Å². The zero-order chi connectivity index (χ0) is 10.8. The average molecular weight is 288 g/mol. The van der Waals surface area contributed by atoms with Crippen LogP contribution >= 0.6 is 27.7 Å². The van der Waals surface area contributed by atoms with Crippen molar-refractivity contribution in [3.63, 3.8) is 0 Å². The quantitative estimate of drug-likeness (QED) is 0.861. The van der Waals surface area contributed by atoms with Crippen LogP contribution in [0.3, 0.4) is 0 Å². The van der Waals surface area contributed by atoms with Crippen LogP contribution in [0.15, 0.2) is 21.5 Å². The van der Waals surface area contributed by atoms with Gasteiger partial charge in [0.1, 0.15) is 5.75 Å². The molecule has 0 unspecified atom stereocenters. The molecule has 80 valence electrons. The number of hydrogen-bond donors (Lipinski definition) is 1. The fourth-order valence-corrected chi connectivity index (χ4v) is 2.89. The summed E-state index contributed by atoms with van der Waals surface area (Å²) >= 11 is 5.01. The van der Waals surface area contributed by atoms with E-state index in [-0.39, 0.29) is 5.91 Å². The van der Waals surface area contributed by atoms with Crippen molar-refractivity contribution in [2.75, 3.05) is 19.4 Å². The van der Waals surface area contributed by atoms with Gasteiger partial charge in [-0.25, -0.2) is 0 Å². The average Bonchev–Trinajstić information content (AvgIpc) is 2.40. The number of thioether (sulfide) groups is 1. The van der Waals surface area contributed by atoms with Crippen LogP contribution in [0, 0.1) is 0 Å². The van der Waals surface area contributed by atoms with Gasteiger partial charge >= 0.3 is 0 Å². The van der Waals surface area contributed by atoms with E-state index in [1.165, 1.54) is 0 Å². The molecule has 1 aliphatic heterocycles. The van der Waals surface area contributed by atoms with Crippen LogP contribution in [0.4, 0.5) is 0 Å². The minimum absolute atomic E-state index is 0.0328. The number of rotatable bonds is 1. The highest BCUT2D eigenvalue weighted by atomic mass is 79.9. The summed E-state index contributed by atoms with van der Waals surface area (Å²) < 4.78 is 6.12. The Balaban J connectivity index is 2.58. The first-order chi connectivity index (χ1) is 7.22. The van der Waals surface area contributed by atoms with E-state index in [0.717, 1.165) is 20.9 Å². The smallest absolute Gasteiger partial charge is 0.252 e. The number of fused-ring (bicyclic) bond motifs is 1. The molecule has 1 aliphatic rings. The van der Waals surface area contributed by atoms with Crippen molar-refractivity contribution in [3.05, 3.63) is 22.2 Å². The largest absolute Gasteiger partial charge is 0.496 e. The molecule has 0 saturated carbocycles. The van der Waals surface area contributed by atoms with Crippen molar-refractivity contribution in [3.8, 4) is 5.75 Å². The second kappa shape index (κ2) is 4.45. The standard InChI is InChI=1S/C10H10BrNO2S/c1-14-8-5-6(11)4-7-9(8)15-3-2-12-10(7)13/h4-5H,2-3H2,1H3,(H,12,13). The molecule has 2 rings (SSSR count). The van der Waals surface area contributed by atoms with Crippen LogP contribution in [0.1, 0.15) is 10.4 Å². The summed E-state index contributed by atoms with van der Waals surface area (Å²) in [7, 11) is 1.62. The van der Waals surface area contributed by atoms with Gasteiger partial charge in [0.15, 0.2) is 0 Å². The third-order valence-electron chi connectivity index (χ3n) is 2.12. The number of amides is 1. The molecule has 0 spiro atoms. The van der Waals surface area contributed by atoms with E-state index in [1.807, 2.05) is 12.1 Å². The molecule has 0 aromatic heterocycles. The van der Waals surface area contributed by atoms with E-state index in [1.54, 1.807) is 18.9 Å². The number of methoxy groups -OCH3 is 1. The maximum atomic E-state index is 11.7. The molecule has 15 heavy (non-hydrogen) atoms. The Morgan fingerprint density at radius 2 is 2.33 bits per heavy atom. The number of benzene rings is 1. The molecular formula is C10H10BrNO2S. The van der Waals surface area contributed by atoms with Crippen molar-refractivity contribution in [2.45, 2.75) is 4.90 Å². The van der Waals surface area contributed by atoms with E-state index >= 15 is 0 Å². The van der Waals surface area contributed by atoms with Crippen LogP contribution in [0.5, 0.6) is 5.75 Å². The Bertz CT molecular complexity index is 409. The van der Waals surface area contributed by atoms with E-state index < -0.39 is 0 Å². The SMILES string of the molecule is COc1cc(Br)cc2c1SCCNC2=O.